The Balaban J connectivity index is 1.53. The van der Waals surface area contributed by atoms with E-state index in [0.717, 1.165) is 32.7 Å². The fourth-order valence-corrected chi connectivity index (χ4v) is 3.31. The first-order chi connectivity index (χ1) is 9.83. The monoisotopic (exact) mass is 281 g/mol. The maximum absolute atomic E-state index is 12.2. The van der Waals surface area contributed by atoms with Crippen molar-refractivity contribution < 1.29 is 4.79 Å². The highest BCUT2D eigenvalue weighted by Gasteiger charge is 2.37. The number of hydrogen-bond donors (Lipinski definition) is 1. The normalized spacial score (nSPS) is 22.4. The molecular weight excluding hydrogens is 250 g/mol. The lowest BCUT2D eigenvalue weighted by atomic mass is 10.1. The summed E-state index contributed by atoms with van der Waals surface area (Å²) in [5.41, 5.74) is 0. The molecule has 2 fully saturated rings. The summed E-state index contributed by atoms with van der Waals surface area (Å²) in [4.78, 5) is 16.3. The number of fused-ring (bicyclic) bond motifs is 1. The first-order valence-electron chi connectivity index (χ1n) is 8.59. The summed E-state index contributed by atoms with van der Waals surface area (Å²) in [5, 5.41) is 3.38. The summed E-state index contributed by atoms with van der Waals surface area (Å²) in [6.07, 6.45) is 10.6. The van der Waals surface area contributed by atoms with Crippen LogP contribution in [0.5, 0.6) is 0 Å². The van der Waals surface area contributed by atoms with E-state index in [1.54, 1.807) is 0 Å². The minimum atomic E-state index is 0.277. The Morgan fingerprint density at radius 2 is 1.80 bits per heavy atom. The van der Waals surface area contributed by atoms with Gasteiger partial charge in [0.25, 0.3) is 0 Å². The lowest BCUT2D eigenvalue weighted by molar-refractivity contribution is 0.178. The molecule has 116 valence electrons. The zero-order valence-corrected chi connectivity index (χ0v) is 13.1. The first-order valence-corrected chi connectivity index (χ1v) is 8.59. The molecule has 20 heavy (non-hydrogen) atoms. The van der Waals surface area contributed by atoms with Crippen LogP contribution in [0.4, 0.5) is 4.79 Å². The Labute approximate surface area is 123 Å². The molecule has 2 heterocycles. The minimum absolute atomic E-state index is 0.277. The highest BCUT2D eigenvalue weighted by molar-refractivity contribution is 5.77. The van der Waals surface area contributed by atoms with Gasteiger partial charge >= 0.3 is 6.03 Å². The summed E-state index contributed by atoms with van der Waals surface area (Å²) >= 11 is 0. The third kappa shape index (κ3) is 4.37. The van der Waals surface area contributed by atoms with E-state index >= 15 is 0 Å². The van der Waals surface area contributed by atoms with Crippen LogP contribution in [-0.2, 0) is 0 Å². The second-order valence-corrected chi connectivity index (χ2v) is 6.25. The number of piperazine rings is 1. The molecule has 0 bridgehead atoms. The molecule has 1 atom stereocenters. The molecule has 4 heteroatoms. The van der Waals surface area contributed by atoms with E-state index in [1.807, 2.05) is 0 Å². The van der Waals surface area contributed by atoms with E-state index in [-0.39, 0.29) is 6.03 Å². The van der Waals surface area contributed by atoms with Crippen molar-refractivity contribution in [3.8, 4) is 0 Å². The molecule has 2 saturated heterocycles. The van der Waals surface area contributed by atoms with Gasteiger partial charge < -0.3 is 15.1 Å². The summed E-state index contributed by atoms with van der Waals surface area (Å²) < 4.78 is 0. The highest BCUT2D eigenvalue weighted by Crippen LogP contribution is 2.18. The molecule has 0 aliphatic carbocycles. The molecule has 0 spiro atoms. The van der Waals surface area contributed by atoms with Crippen molar-refractivity contribution in [2.24, 2.45) is 0 Å². The van der Waals surface area contributed by atoms with Crippen molar-refractivity contribution in [3.63, 3.8) is 0 Å². The topological polar surface area (TPSA) is 35.6 Å². The van der Waals surface area contributed by atoms with Crippen LogP contribution in [0.25, 0.3) is 0 Å². The lowest BCUT2D eigenvalue weighted by Crippen LogP contribution is -2.49. The first kappa shape index (κ1) is 15.6. The predicted molar refractivity (Wildman–Crippen MR) is 82.9 cm³/mol. The second-order valence-electron chi connectivity index (χ2n) is 6.25. The molecule has 4 nitrogen and oxygen atoms in total. The smallest absolute Gasteiger partial charge is 0.320 e. The summed E-state index contributed by atoms with van der Waals surface area (Å²) in [6, 6.07) is 0.699. The number of carbonyl (C=O) groups is 1. The van der Waals surface area contributed by atoms with Crippen LogP contribution in [0.15, 0.2) is 0 Å². The van der Waals surface area contributed by atoms with Crippen LogP contribution in [0.1, 0.15) is 58.3 Å². The average Bonchev–Trinajstić information content (AvgIpc) is 2.79. The number of amides is 2. The number of rotatable bonds is 9. The van der Waals surface area contributed by atoms with Crippen LogP contribution in [0.3, 0.4) is 0 Å². The molecule has 0 saturated carbocycles. The summed E-state index contributed by atoms with van der Waals surface area (Å²) in [7, 11) is 0. The van der Waals surface area contributed by atoms with Crippen LogP contribution >= 0.6 is 0 Å². The van der Waals surface area contributed by atoms with E-state index in [9.17, 15) is 4.79 Å². The largest absolute Gasteiger partial charge is 0.323 e. The molecule has 0 aromatic heterocycles. The number of nitrogens with one attached hydrogen (secondary N) is 1. The van der Waals surface area contributed by atoms with Gasteiger partial charge in [-0.2, -0.15) is 0 Å². The molecular formula is C16H31N3O. The van der Waals surface area contributed by atoms with Gasteiger partial charge in [0.05, 0.1) is 6.04 Å². The maximum Gasteiger partial charge on any atom is 0.320 e. The quantitative estimate of drug-likeness (QED) is 0.660. The van der Waals surface area contributed by atoms with Crippen LogP contribution in [0, 0.1) is 0 Å². The summed E-state index contributed by atoms with van der Waals surface area (Å²) in [6.45, 7) is 6.96. The van der Waals surface area contributed by atoms with Crippen molar-refractivity contribution in [2.45, 2.75) is 64.3 Å². The molecule has 0 aromatic rings. The Bertz CT molecular complexity index is 295. The molecule has 2 rings (SSSR count). The van der Waals surface area contributed by atoms with Crippen molar-refractivity contribution in [1.82, 2.24) is 15.1 Å². The SMILES string of the molecule is CCCCCCCCCCN1CC2CNCCN2C1=O. The number of carbonyl (C=O) groups excluding carboxylic acids is 1. The Kier molecular flexibility index (Phi) is 6.64. The van der Waals surface area contributed by atoms with Gasteiger partial charge in [-0.15, -0.1) is 0 Å². The predicted octanol–water partition coefficient (Wildman–Crippen LogP) is 2.84. The van der Waals surface area contributed by atoms with Crippen LogP contribution in [-0.4, -0.2) is 54.6 Å². The maximum atomic E-state index is 12.2. The lowest BCUT2D eigenvalue weighted by Gasteiger charge is -2.28. The highest BCUT2D eigenvalue weighted by atomic mass is 16.2. The zero-order chi connectivity index (χ0) is 14.2. The molecule has 2 aliphatic rings. The Morgan fingerprint density at radius 1 is 1.10 bits per heavy atom. The molecule has 2 amide bonds. The summed E-state index contributed by atoms with van der Waals surface area (Å²) in [5.74, 6) is 0. The molecule has 0 aromatic carbocycles. The van der Waals surface area contributed by atoms with E-state index in [4.69, 9.17) is 0 Å². The van der Waals surface area contributed by atoms with E-state index in [1.165, 1.54) is 51.4 Å². The van der Waals surface area contributed by atoms with Gasteiger partial charge in [0.1, 0.15) is 0 Å². The number of urea groups is 1. The number of hydrogen-bond acceptors (Lipinski definition) is 2. The minimum Gasteiger partial charge on any atom is -0.323 e. The molecule has 0 radical (unpaired) electrons. The van der Waals surface area contributed by atoms with Gasteiger partial charge in [-0.25, -0.2) is 4.79 Å². The average molecular weight is 281 g/mol. The van der Waals surface area contributed by atoms with Gasteiger partial charge in [-0.3, -0.25) is 0 Å². The van der Waals surface area contributed by atoms with Gasteiger partial charge in [0, 0.05) is 32.7 Å². The zero-order valence-electron chi connectivity index (χ0n) is 13.1. The van der Waals surface area contributed by atoms with Crippen molar-refractivity contribution >= 4 is 6.03 Å². The van der Waals surface area contributed by atoms with Crippen LogP contribution < -0.4 is 5.32 Å². The van der Waals surface area contributed by atoms with Crippen molar-refractivity contribution in [1.29, 1.82) is 0 Å². The van der Waals surface area contributed by atoms with Gasteiger partial charge in [-0.05, 0) is 6.42 Å². The second kappa shape index (κ2) is 8.50. The Morgan fingerprint density at radius 3 is 2.50 bits per heavy atom. The Hall–Kier alpha value is -0.770. The van der Waals surface area contributed by atoms with E-state index in [0.29, 0.717) is 6.04 Å². The van der Waals surface area contributed by atoms with E-state index < -0.39 is 0 Å². The molecule has 1 unspecified atom stereocenters. The molecule has 1 N–H and O–H groups in total. The third-order valence-corrected chi connectivity index (χ3v) is 4.58. The third-order valence-electron chi connectivity index (χ3n) is 4.58. The number of nitrogens with zero attached hydrogens (tertiary/aromatic N) is 2. The van der Waals surface area contributed by atoms with Gasteiger partial charge in [0.2, 0.25) is 0 Å². The van der Waals surface area contributed by atoms with E-state index in [2.05, 4.69) is 22.0 Å². The number of unbranched alkanes of at least 4 members (excludes halogenated alkanes) is 7. The molecule has 2 aliphatic heterocycles. The van der Waals surface area contributed by atoms with Crippen molar-refractivity contribution in [2.75, 3.05) is 32.7 Å². The van der Waals surface area contributed by atoms with Crippen LogP contribution in [0.2, 0.25) is 0 Å². The fraction of sp³-hybridized carbons (Fsp3) is 0.938. The van der Waals surface area contributed by atoms with Gasteiger partial charge in [0.15, 0.2) is 0 Å². The van der Waals surface area contributed by atoms with Crippen molar-refractivity contribution in [3.05, 3.63) is 0 Å². The fourth-order valence-electron chi connectivity index (χ4n) is 3.31. The standard InChI is InChI=1S/C16H31N3O/c1-2-3-4-5-6-7-8-9-11-18-14-15-13-17-10-12-19(15)16(18)20/h15,17H,2-14H2,1H3. The van der Waals surface area contributed by atoms with Gasteiger partial charge in [-0.1, -0.05) is 51.9 Å².